The van der Waals surface area contributed by atoms with E-state index < -0.39 is 0 Å². The lowest BCUT2D eigenvalue weighted by Gasteiger charge is -2.54. The molecule has 1 saturated carbocycles. The summed E-state index contributed by atoms with van der Waals surface area (Å²) >= 11 is 0. The number of rotatable bonds is 3. The molecule has 2 aromatic heterocycles. The summed E-state index contributed by atoms with van der Waals surface area (Å²) in [6, 6.07) is 3.47. The Labute approximate surface area is 169 Å². The van der Waals surface area contributed by atoms with Crippen molar-refractivity contribution in [1.29, 1.82) is 0 Å². The van der Waals surface area contributed by atoms with Gasteiger partial charge < -0.3 is 9.80 Å². The van der Waals surface area contributed by atoms with Gasteiger partial charge in [0.1, 0.15) is 18.0 Å². The Morgan fingerprint density at radius 1 is 1.17 bits per heavy atom. The predicted octanol–water partition coefficient (Wildman–Crippen LogP) is 2.98. The van der Waals surface area contributed by atoms with Crippen molar-refractivity contribution in [2.45, 2.75) is 44.4 Å². The number of hydrogen-bond donors (Lipinski definition) is 1. The van der Waals surface area contributed by atoms with Gasteiger partial charge in [-0.25, -0.2) is 14.2 Å². The number of carbonyl (C=O) groups excluding carboxylic acids is 1. The third-order valence-corrected chi connectivity index (χ3v) is 7.05. The number of nitrogens with one attached hydrogen (secondary N) is 1. The highest BCUT2D eigenvalue weighted by atomic mass is 19.1. The second kappa shape index (κ2) is 7.39. The molecule has 8 heteroatoms. The Morgan fingerprint density at radius 2 is 2.00 bits per heavy atom. The fourth-order valence-electron chi connectivity index (χ4n) is 5.30. The van der Waals surface area contributed by atoms with Crippen molar-refractivity contribution in [3.8, 4) is 0 Å². The Morgan fingerprint density at radius 3 is 2.69 bits per heavy atom. The van der Waals surface area contributed by atoms with Gasteiger partial charge in [-0.3, -0.25) is 10.1 Å². The van der Waals surface area contributed by atoms with E-state index in [9.17, 15) is 9.18 Å². The zero-order valence-electron chi connectivity index (χ0n) is 16.6. The minimum Gasteiger partial charge on any atom is -0.324 e. The van der Waals surface area contributed by atoms with Crippen molar-refractivity contribution in [1.82, 2.24) is 30.0 Å². The third kappa shape index (κ3) is 3.72. The molecule has 0 radical (unpaired) electrons. The highest BCUT2D eigenvalue weighted by Crippen LogP contribution is 2.46. The standard InChI is InChI=1S/C21H27FN6O/c22-17-1-2-18(23-10-17)9-15-3-6-21(7-4-15)12-28(13-21)20(29)27-8-5-16(11-27)19-24-14-25-26-19/h1-2,10,14-16H,3-9,11-13H2,(H,24,25,26)/t16-/m0/s1. The Kier molecular flexibility index (Phi) is 4.72. The van der Waals surface area contributed by atoms with Crippen LogP contribution in [0.5, 0.6) is 0 Å². The lowest BCUT2D eigenvalue weighted by atomic mass is 9.65. The van der Waals surface area contributed by atoms with Crippen LogP contribution in [-0.4, -0.2) is 62.2 Å². The fraction of sp³-hybridized carbons (Fsp3) is 0.619. The molecule has 1 aliphatic carbocycles. The van der Waals surface area contributed by atoms with Gasteiger partial charge in [0, 0.05) is 43.2 Å². The molecule has 2 amide bonds. The topological polar surface area (TPSA) is 78.0 Å². The van der Waals surface area contributed by atoms with Crippen LogP contribution in [0.2, 0.25) is 0 Å². The highest BCUT2D eigenvalue weighted by Gasteiger charge is 2.48. The summed E-state index contributed by atoms with van der Waals surface area (Å²) in [6.07, 6.45) is 9.38. The summed E-state index contributed by atoms with van der Waals surface area (Å²) in [5.41, 5.74) is 1.29. The number of nitrogens with zero attached hydrogens (tertiary/aromatic N) is 5. The molecule has 7 nitrogen and oxygen atoms in total. The smallest absolute Gasteiger partial charge is 0.320 e. The first-order chi connectivity index (χ1) is 14.1. The molecular weight excluding hydrogens is 371 g/mol. The molecule has 29 heavy (non-hydrogen) atoms. The number of H-pyrrole nitrogens is 1. The van der Waals surface area contributed by atoms with Crippen LogP contribution in [0.4, 0.5) is 9.18 Å². The molecule has 0 aromatic carbocycles. The monoisotopic (exact) mass is 398 g/mol. The van der Waals surface area contributed by atoms with Crippen LogP contribution in [0, 0.1) is 17.2 Å². The molecule has 0 unspecified atom stereocenters. The largest absolute Gasteiger partial charge is 0.324 e. The molecule has 2 aliphatic heterocycles. The van der Waals surface area contributed by atoms with Crippen LogP contribution in [0.1, 0.15) is 49.5 Å². The summed E-state index contributed by atoms with van der Waals surface area (Å²) < 4.78 is 13.0. The molecule has 2 saturated heterocycles. The summed E-state index contributed by atoms with van der Waals surface area (Å²) in [5.74, 6) is 1.49. The van der Waals surface area contributed by atoms with Gasteiger partial charge in [-0.05, 0) is 56.6 Å². The number of aromatic amines is 1. The maximum Gasteiger partial charge on any atom is 0.320 e. The molecule has 4 heterocycles. The van der Waals surface area contributed by atoms with Crippen molar-refractivity contribution in [3.05, 3.63) is 42.0 Å². The number of carbonyl (C=O) groups is 1. The summed E-state index contributed by atoms with van der Waals surface area (Å²) in [7, 11) is 0. The van der Waals surface area contributed by atoms with Crippen LogP contribution in [0.3, 0.4) is 0 Å². The molecule has 3 aliphatic rings. The van der Waals surface area contributed by atoms with Gasteiger partial charge >= 0.3 is 6.03 Å². The van der Waals surface area contributed by atoms with Crippen molar-refractivity contribution in [2.75, 3.05) is 26.2 Å². The normalized spacial score (nSPS) is 24.1. The molecule has 1 N–H and O–H groups in total. The molecule has 154 valence electrons. The summed E-state index contributed by atoms with van der Waals surface area (Å²) in [6.45, 7) is 3.29. The maximum absolute atomic E-state index is 13.0. The predicted molar refractivity (Wildman–Crippen MR) is 105 cm³/mol. The molecule has 5 rings (SSSR count). The molecule has 2 aromatic rings. The van der Waals surface area contributed by atoms with E-state index in [1.165, 1.54) is 44.3 Å². The van der Waals surface area contributed by atoms with Crippen molar-refractivity contribution < 1.29 is 9.18 Å². The second-order valence-corrected chi connectivity index (χ2v) is 9.06. The van der Waals surface area contributed by atoms with Crippen molar-refractivity contribution in [2.24, 2.45) is 11.3 Å². The first-order valence-electron chi connectivity index (χ1n) is 10.6. The third-order valence-electron chi connectivity index (χ3n) is 7.05. The van der Waals surface area contributed by atoms with E-state index in [-0.39, 0.29) is 17.8 Å². The second-order valence-electron chi connectivity index (χ2n) is 9.06. The summed E-state index contributed by atoms with van der Waals surface area (Å²) in [4.78, 5) is 25.3. The van der Waals surface area contributed by atoms with Gasteiger partial charge in [-0.15, -0.1) is 0 Å². The first kappa shape index (κ1) is 18.5. The molecule has 1 spiro atoms. The first-order valence-corrected chi connectivity index (χ1v) is 10.6. The quantitative estimate of drug-likeness (QED) is 0.862. The minimum absolute atomic E-state index is 0.176. The number of urea groups is 1. The van der Waals surface area contributed by atoms with Crippen LogP contribution < -0.4 is 0 Å². The number of aromatic nitrogens is 4. The minimum atomic E-state index is -0.277. The maximum atomic E-state index is 13.0. The number of pyridine rings is 1. The Hall–Kier alpha value is -2.51. The lowest BCUT2D eigenvalue weighted by Crippen LogP contribution is -2.62. The lowest BCUT2D eigenvalue weighted by molar-refractivity contribution is -0.0190. The van der Waals surface area contributed by atoms with Crippen LogP contribution >= 0.6 is 0 Å². The molecule has 3 fully saturated rings. The number of hydrogen-bond acceptors (Lipinski definition) is 4. The Bertz CT molecular complexity index is 839. The SMILES string of the molecule is O=C(N1CC[C@H](c2ncn[nH]2)C1)N1CC2(CCC(Cc3ccc(F)cn3)CC2)C1. The van der Waals surface area contributed by atoms with Crippen LogP contribution in [-0.2, 0) is 6.42 Å². The van der Waals surface area contributed by atoms with Gasteiger partial charge in [0.25, 0.3) is 0 Å². The van der Waals surface area contributed by atoms with E-state index in [0.29, 0.717) is 11.3 Å². The molecule has 0 bridgehead atoms. The van der Waals surface area contributed by atoms with Crippen molar-refractivity contribution >= 4 is 6.03 Å². The zero-order chi connectivity index (χ0) is 19.8. The average Bonchev–Trinajstić information content (AvgIpc) is 3.40. The van der Waals surface area contributed by atoms with Gasteiger partial charge in [-0.2, -0.15) is 5.10 Å². The highest BCUT2D eigenvalue weighted by molar-refractivity contribution is 5.76. The van der Waals surface area contributed by atoms with Crippen LogP contribution in [0.15, 0.2) is 24.7 Å². The molecular formula is C21H27FN6O. The van der Waals surface area contributed by atoms with Gasteiger partial charge in [-0.1, -0.05) is 0 Å². The van der Waals surface area contributed by atoms with Gasteiger partial charge in [0.05, 0.1) is 6.20 Å². The van der Waals surface area contributed by atoms with E-state index in [0.717, 1.165) is 50.5 Å². The van der Waals surface area contributed by atoms with E-state index >= 15 is 0 Å². The average molecular weight is 398 g/mol. The zero-order valence-corrected chi connectivity index (χ0v) is 16.6. The van der Waals surface area contributed by atoms with Gasteiger partial charge in [0.15, 0.2) is 0 Å². The van der Waals surface area contributed by atoms with Crippen LogP contribution in [0.25, 0.3) is 0 Å². The number of halogens is 1. The van der Waals surface area contributed by atoms with E-state index in [1.54, 1.807) is 6.07 Å². The fourth-order valence-corrected chi connectivity index (χ4v) is 5.30. The van der Waals surface area contributed by atoms with E-state index in [4.69, 9.17) is 0 Å². The van der Waals surface area contributed by atoms with E-state index in [2.05, 4.69) is 20.2 Å². The molecule has 1 atom stereocenters. The van der Waals surface area contributed by atoms with Gasteiger partial charge in [0.2, 0.25) is 0 Å². The number of amides is 2. The van der Waals surface area contributed by atoms with Crippen molar-refractivity contribution in [3.63, 3.8) is 0 Å². The number of likely N-dealkylation sites (tertiary alicyclic amines) is 2. The Balaban J connectivity index is 1.09. The summed E-state index contributed by atoms with van der Waals surface area (Å²) in [5, 5.41) is 6.85. The van der Waals surface area contributed by atoms with E-state index in [1.807, 2.05) is 9.80 Å².